The Morgan fingerprint density at radius 2 is 1.82 bits per heavy atom. The highest BCUT2D eigenvalue weighted by atomic mass is 17.2. The molecule has 0 saturated heterocycles. The maximum atomic E-state index is 11.3. The Labute approximate surface area is 100 Å². The summed E-state index contributed by atoms with van der Waals surface area (Å²) in [6.07, 6.45) is -0.370. The first-order chi connectivity index (χ1) is 8.26. The van der Waals surface area contributed by atoms with Gasteiger partial charge in [-0.05, 0) is 5.56 Å². The molecule has 0 radical (unpaired) electrons. The molecule has 0 aliphatic heterocycles. The van der Waals surface area contributed by atoms with Crippen molar-refractivity contribution in [3.63, 3.8) is 0 Å². The van der Waals surface area contributed by atoms with Gasteiger partial charge in [0, 0.05) is 14.2 Å². The second-order valence-corrected chi connectivity index (χ2v) is 3.30. The first-order valence-corrected chi connectivity index (χ1v) is 5.18. The Morgan fingerprint density at radius 1 is 1.18 bits per heavy atom. The first-order valence-electron chi connectivity index (χ1n) is 5.18. The largest absolute Gasteiger partial charge is 0.353 e. The van der Waals surface area contributed by atoms with Crippen LogP contribution in [0.5, 0.6) is 0 Å². The molecule has 1 aromatic rings. The summed E-state index contributed by atoms with van der Waals surface area (Å²) in [5.74, 6) is -0.456. The fourth-order valence-corrected chi connectivity index (χ4v) is 1.18. The van der Waals surface area contributed by atoms with Gasteiger partial charge in [-0.1, -0.05) is 30.3 Å². The Bertz CT molecular complexity index is 321. The third-order valence-electron chi connectivity index (χ3n) is 2.07. The summed E-state index contributed by atoms with van der Waals surface area (Å²) in [7, 11) is 2.95. The standard InChI is InChI=1S/C12H16O5/c1-14-12(15-2)9-16-17-11(13)8-10-6-4-3-5-7-10/h3-7,12H,8-9H2,1-2H3. The zero-order valence-electron chi connectivity index (χ0n) is 9.92. The van der Waals surface area contributed by atoms with E-state index in [4.69, 9.17) is 14.4 Å². The van der Waals surface area contributed by atoms with Gasteiger partial charge >= 0.3 is 5.97 Å². The van der Waals surface area contributed by atoms with E-state index in [1.165, 1.54) is 14.2 Å². The monoisotopic (exact) mass is 240 g/mol. The van der Waals surface area contributed by atoms with Gasteiger partial charge in [0.25, 0.3) is 0 Å². The molecule has 0 atom stereocenters. The zero-order chi connectivity index (χ0) is 12.5. The lowest BCUT2D eigenvalue weighted by molar-refractivity contribution is -0.300. The lowest BCUT2D eigenvalue weighted by Gasteiger charge is -2.12. The van der Waals surface area contributed by atoms with Crippen molar-refractivity contribution in [2.75, 3.05) is 20.8 Å². The van der Waals surface area contributed by atoms with Crippen molar-refractivity contribution in [3.05, 3.63) is 35.9 Å². The van der Waals surface area contributed by atoms with Gasteiger partial charge in [-0.3, -0.25) is 4.89 Å². The summed E-state index contributed by atoms with van der Waals surface area (Å²) in [5, 5.41) is 0. The van der Waals surface area contributed by atoms with E-state index in [-0.39, 0.29) is 13.0 Å². The van der Waals surface area contributed by atoms with Crippen molar-refractivity contribution in [1.29, 1.82) is 0 Å². The molecule has 0 N–H and O–H groups in total. The average molecular weight is 240 g/mol. The summed E-state index contributed by atoms with van der Waals surface area (Å²) in [5.41, 5.74) is 0.871. The molecule has 1 aromatic carbocycles. The van der Waals surface area contributed by atoms with E-state index >= 15 is 0 Å². The summed E-state index contributed by atoms with van der Waals surface area (Å²) < 4.78 is 9.72. The molecule has 0 aliphatic carbocycles. The third kappa shape index (κ3) is 5.44. The van der Waals surface area contributed by atoms with Gasteiger partial charge < -0.3 is 9.47 Å². The first kappa shape index (κ1) is 13.6. The summed E-state index contributed by atoms with van der Waals surface area (Å²) in [6, 6.07) is 9.28. The number of hydrogen-bond acceptors (Lipinski definition) is 5. The van der Waals surface area contributed by atoms with Gasteiger partial charge in [0.1, 0.15) is 6.61 Å². The van der Waals surface area contributed by atoms with Crippen LogP contribution >= 0.6 is 0 Å². The number of ether oxygens (including phenoxy) is 2. The second-order valence-electron chi connectivity index (χ2n) is 3.30. The van der Waals surface area contributed by atoms with Gasteiger partial charge in [0.2, 0.25) is 0 Å². The minimum atomic E-state index is -0.542. The van der Waals surface area contributed by atoms with Crippen molar-refractivity contribution in [1.82, 2.24) is 0 Å². The van der Waals surface area contributed by atoms with E-state index in [1.807, 2.05) is 30.3 Å². The van der Waals surface area contributed by atoms with E-state index in [1.54, 1.807) is 0 Å². The molecule has 0 spiro atoms. The summed E-state index contributed by atoms with van der Waals surface area (Å²) in [6.45, 7) is 0.0352. The molecule has 0 unspecified atom stereocenters. The van der Waals surface area contributed by atoms with Crippen LogP contribution in [0.2, 0.25) is 0 Å². The van der Waals surface area contributed by atoms with Crippen molar-refractivity contribution in [3.8, 4) is 0 Å². The number of rotatable bonds is 7. The fraction of sp³-hybridized carbons (Fsp3) is 0.417. The highest BCUT2D eigenvalue weighted by molar-refractivity contribution is 5.71. The third-order valence-corrected chi connectivity index (χ3v) is 2.07. The van der Waals surface area contributed by atoms with E-state index < -0.39 is 12.3 Å². The van der Waals surface area contributed by atoms with Crippen LogP contribution in [-0.2, 0) is 30.5 Å². The number of carbonyl (C=O) groups excluding carboxylic acids is 1. The quantitative estimate of drug-likeness (QED) is 0.409. The SMILES string of the molecule is COC(COOC(=O)Cc1ccccc1)OC. The van der Waals surface area contributed by atoms with Gasteiger partial charge in [0.15, 0.2) is 6.29 Å². The van der Waals surface area contributed by atoms with Crippen LogP contribution in [0.15, 0.2) is 30.3 Å². The molecule has 0 fully saturated rings. The van der Waals surface area contributed by atoms with Crippen molar-refractivity contribution >= 4 is 5.97 Å². The van der Waals surface area contributed by atoms with Crippen molar-refractivity contribution in [2.45, 2.75) is 12.7 Å². The average Bonchev–Trinajstić information content (AvgIpc) is 2.36. The predicted molar refractivity (Wildman–Crippen MR) is 60.0 cm³/mol. The van der Waals surface area contributed by atoms with Crippen LogP contribution in [-0.4, -0.2) is 33.1 Å². The highest BCUT2D eigenvalue weighted by Crippen LogP contribution is 2.01. The molecule has 0 aliphatic rings. The lowest BCUT2D eigenvalue weighted by atomic mass is 10.2. The highest BCUT2D eigenvalue weighted by Gasteiger charge is 2.09. The van der Waals surface area contributed by atoms with Crippen LogP contribution in [0.3, 0.4) is 0 Å². The van der Waals surface area contributed by atoms with Crippen LogP contribution in [0.4, 0.5) is 0 Å². The normalized spacial score (nSPS) is 10.5. The molecule has 1 rings (SSSR count). The van der Waals surface area contributed by atoms with Gasteiger partial charge in [-0.25, -0.2) is 4.79 Å². The minimum absolute atomic E-state index is 0.0352. The molecule has 0 heterocycles. The zero-order valence-corrected chi connectivity index (χ0v) is 9.92. The predicted octanol–water partition coefficient (Wildman–Crippen LogP) is 1.32. The van der Waals surface area contributed by atoms with E-state index in [0.717, 1.165) is 5.56 Å². The van der Waals surface area contributed by atoms with Crippen LogP contribution in [0.1, 0.15) is 5.56 Å². The molecule has 0 aromatic heterocycles. The molecule has 0 saturated carbocycles. The number of benzene rings is 1. The van der Waals surface area contributed by atoms with E-state index in [9.17, 15) is 4.79 Å². The molecule has 0 bridgehead atoms. The number of hydrogen-bond donors (Lipinski definition) is 0. The Kier molecular flexibility index (Phi) is 6.24. The van der Waals surface area contributed by atoms with Gasteiger partial charge in [-0.2, -0.15) is 4.89 Å². The summed E-state index contributed by atoms with van der Waals surface area (Å²) >= 11 is 0. The maximum Gasteiger partial charge on any atom is 0.346 e. The fourth-order valence-electron chi connectivity index (χ4n) is 1.18. The molecule has 17 heavy (non-hydrogen) atoms. The Hall–Kier alpha value is -1.43. The van der Waals surface area contributed by atoms with Gasteiger partial charge in [-0.15, -0.1) is 0 Å². The molecule has 94 valence electrons. The van der Waals surface area contributed by atoms with Crippen LogP contribution in [0, 0.1) is 0 Å². The van der Waals surface area contributed by atoms with Crippen molar-refractivity contribution in [2.24, 2.45) is 0 Å². The topological polar surface area (TPSA) is 54.0 Å². The second kappa shape index (κ2) is 7.78. The number of carbonyl (C=O) groups is 1. The Balaban J connectivity index is 2.22. The molecular formula is C12H16O5. The van der Waals surface area contributed by atoms with Crippen LogP contribution in [0.25, 0.3) is 0 Å². The lowest BCUT2D eigenvalue weighted by Crippen LogP contribution is -2.21. The molecule has 0 amide bonds. The smallest absolute Gasteiger partial charge is 0.346 e. The maximum absolute atomic E-state index is 11.3. The Morgan fingerprint density at radius 3 is 2.41 bits per heavy atom. The summed E-state index contributed by atoms with van der Waals surface area (Å²) in [4.78, 5) is 20.6. The molecule has 5 nitrogen and oxygen atoms in total. The van der Waals surface area contributed by atoms with E-state index in [2.05, 4.69) is 4.89 Å². The molecular weight excluding hydrogens is 224 g/mol. The van der Waals surface area contributed by atoms with Crippen molar-refractivity contribution < 1.29 is 24.0 Å². The van der Waals surface area contributed by atoms with Gasteiger partial charge in [0.05, 0.1) is 6.42 Å². The van der Waals surface area contributed by atoms with Crippen LogP contribution < -0.4 is 0 Å². The molecule has 5 heteroatoms. The number of methoxy groups -OCH3 is 2. The minimum Gasteiger partial charge on any atom is -0.353 e. The van der Waals surface area contributed by atoms with E-state index in [0.29, 0.717) is 0 Å².